The summed E-state index contributed by atoms with van der Waals surface area (Å²) < 4.78 is 0. The molecule has 4 heteroatoms. The average molecular weight is 176 g/mol. The Morgan fingerprint density at radius 3 is 2.55 bits per heavy atom. The van der Waals surface area contributed by atoms with Crippen molar-refractivity contribution in [3.05, 3.63) is 0 Å². The van der Waals surface area contributed by atoms with Crippen LogP contribution in [0.25, 0.3) is 0 Å². The van der Waals surface area contributed by atoms with E-state index in [9.17, 15) is 0 Å². The maximum Gasteiger partial charge on any atom is 0.0740 e. The van der Waals surface area contributed by atoms with Crippen LogP contribution in [0.3, 0.4) is 0 Å². The number of thiocarbonyl (C=S) groups is 1. The first-order valence-corrected chi connectivity index (χ1v) is 4.23. The molecule has 0 amide bonds. The summed E-state index contributed by atoms with van der Waals surface area (Å²) in [4.78, 5) is 2.65. The van der Waals surface area contributed by atoms with Crippen molar-refractivity contribution in [1.29, 1.82) is 0 Å². The lowest BCUT2D eigenvalue weighted by Crippen LogP contribution is -2.30. The zero-order valence-corrected chi connectivity index (χ0v) is 7.73. The van der Waals surface area contributed by atoms with Crippen molar-refractivity contribution in [2.24, 2.45) is 5.73 Å². The fourth-order valence-corrected chi connectivity index (χ4v) is 0.929. The molecule has 11 heavy (non-hydrogen) atoms. The van der Waals surface area contributed by atoms with E-state index in [0.717, 1.165) is 19.5 Å². The second-order valence-electron chi connectivity index (χ2n) is 2.37. The first-order chi connectivity index (χ1) is 5.20. The number of hydrogen-bond acceptors (Lipinski definition) is 3. The van der Waals surface area contributed by atoms with Gasteiger partial charge in [-0.2, -0.15) is 0 Å². The Balaban J connectivity index is 3.43. The van der Waals surface area contributed by atoms with E-state index in [1.807, 2.05) is 0 Å². The molecule has 0 unspecified atom stereocenters. The molecule has 0 aliphatic carbocycles. The van der Waals surface area contributed by atoms with Crippen LogP contribution < -0.4 is 5.73 Å². The average Bonchev–Trinajstić information content (AvgIpc) is 1.97. The van der Waals surface area contributed by atoms with Gasteiger partial charge in [0, 0.05) is 19.5 Å². The molecule has 3 N–H and O–H groups in total. The summed E-state index contributed by atoms with van der Waals surface area (Å²) >= 11 is 4.73. The third kappa shape index (κ3) is 6.22. The van der Waals surface area contributed by atoms with Gasteiger partial charge in [-0.05, 0) is 6.54 Å². The van der Waals surface area contributed by atoms with Crippen LogP contribution in [0.5, 0.6) is 0 Å². The van der Waals surface area contributed by atoms with Gasteiger partial charge in [0.25, 0.3) is 0 Å². The highest BCUT2D eigenvalue weighted by Crippen LogP contribution is 1.90. The van der Waals surface area contributed by atoms with E-state index in [2.05, 4.69) is 11.8 Å². The molecule has 3 nitrogen and oxygen atoms in total. The van der Waals surface area contributed by atoms with Crippen LogP contribution in [-0.4, -0.2) is 41.2 Å². The molecule has 0 saturated heterocycles. The summed E-state index contributed by atoms with van der Waals surface area (Å²) in [5.74, 6) is 0. The number of nitrogens with two attached hydrogens (primary N) is 1. The van der Waals surface area contributed by atoms with E-state index < -0.39 is 0 Å². The Bertz CT molecular complexity index is 119. The quantitative estimate of drug-likeness (QED) is 0.558. The van der Waals surface area contributed by atoms with Crippen molar-refractivity contribution in [2.45, 2.75) is 13.3 Å². The van der Waals surface area contributed by atoms with Crippen molar-refractivity contribution in [1.82, 2.24) is 4.90 Å². The van der Waals surface area contributed by atoms with Crippen molar-refractivity contribution in [3.8, 4) is 0 Å². The summed E-state index contributed by atoms with van der Waals surface area (Å²) in [6.45, 7) is 4.75. The highest BCUT2D eigenvalue weighted by molar-refractivity contribution is 7.80. The van der Waals surface area contributed by atoms with Gasteiger partial charge in [0.15, 0.2) is 0 Å². The van der Waals surface area contributed by atoms with Crippen LogP contribution in [-0.2, 0) is 0 Å². The van der Waals surface area contributed by atoms with Crippen molar-refractivity contribution in [3.63, 3.8) is 0 Å². The second-order valence-corrected chi connectivity index (χ2v) is 2.90. The first-order valence-electron chi connectivity index (χ1n) is 3.82. The van der Waals surface area contributed by atoms with Gasteiger partial charge in [-0.25, -0.2) is 0 Å². The zero-order valence-electron chi connectivity index (χ0n) is 6.92. The maximum absolute atomic E-state index is 8.63. The molecule has 0 atom stereocenters. The van der Waals surface area contributed by atoms with Crippen LogP contribution in [0.15, 0.2) is 0 Å². The predicted octanol–water partition coefficient (Wildman–Crippen LogP) is -0.0232. The van der Waals surface area contributed by atoms with Gasteiger partial charge in [-0.3, -0.25) is 0 Å². The lowest BCUT2D eigenvalue weighted by Gasteiger charge is -2.17. The Labute approximate surface area is 73.2 Å². The van der Waals surface area contributed by atoms with E-state index in [-0.39, 0.29) is 6.61 Å². The third-order valence-corrected chi connectivity index (χ3v) is 1.74. The van der Waals surface area contributed by atoms with E-state index >= 15 is 0 Å². The molecule has 0 aliphatic rings. The Hall–Kier alpha value is -0.190. The highest BCUT2D eigenvalue weighted by atomic mass is 32.1. The van der Waals surface area contributed by atoms with E-state index in [4.69, 9.17) is 23.1 Å². The van der Waals surface area contributed by atoms with Gasteiger partial charge in [0.1, 0.15) is 0 Å². The Morgan fingerprint density at radius 1 is 1.55 bits per heavy atom. The van der Waals surface area contributed by atoms with Gasteiger partial charge >= 0.3 is 0 Å². The molecule has 0 radical (unpaired) electrons. The number of likely N-dealkylation sites (N-methyl/N-ethyl adjacent to an activating group) is 1. The molecular weight excluding hydrogens is 160 g/mol. The molecular formula is C7H16N2OS. The fraction of sp³-hybridized carbons (Fsp3) is 0.857. The Kier molecular flexibility index (Phi) is 6.40. The smallest absolute Gasteiger partial charge is 0.0740 e. The third-order valence-electron chi connectivity index (χ3n) is 1.54. The summed E-state index contributed by atoms with van der Waals surface area (Å²) in [6, 6.07) is 0. The standard InChI is InChI=1S/C7H16N2OS/c1-2-9(5-6-10)4-3-7(8)11/h10H,2-6H2,1H3,(H2,8,11). The normalized spacial score (nSPS) is 10.5. The molecule has 0 bridgehead atoms. The number of hydrogen-bond donors (Lipinski definition) is 2. The molecule has 0 fully saturated rings. The topological polar surface area (TPSA) is 49.5 Å². The van der Waals surface area contributed by atoms with E-state index in [1.165, 1.54) is 0 Å². The largest absolute Gasteiger partial charge is 0.395 e. The molecule has 0 heterocycles. The number of aliphatic hydroxyl groups is 1. The second kappa shape index (κ2) is 6.52. The number of rotatable bonds is 6. The minimum Gasteiger partial charge on any atom is -0.395 e. The zero-order chi connectivity index (χ0) is 8.69. The number of aliphatic hydroxyl groups excluding tert-OH is 1. The van der Waals surface area contributed by atoms with E-state index in [1.54, 1.807) is 0 Å². The van der Waals surface area contributed by atoms with Crippen molar-refractivity contribution in [2.75, 3.05) is 26.2 Å². The summed E-state index contributed by atoms with van der Waals surface area (Å²) in [6.07, 6.45) is 0.739. The molecule has 0 rings (SSSR count). The Morgan fingerprint density at radius 2 is 2.18 bits per heavy atom. The van der Waals surface area contributed by atoms with Crippen LogP contribution in [0.2, 0.25) is 0 Å². The van der Waals surface area contributed by atoms with Gasteiger partial charge < -0.3 is 15.7 Å². The molecule has 0 spiro atoms. The van der Waals surface area contributed by atoms with Crippen molar-refractivity contribution >= 4 is 17.2 Å². The molecule has 66 valence electrons. The van der Waals surface area contributed by atoms with Crippen molar-refractivity contribution < 1.29 is 5.11 Å². The summed E-state index contributed by atoms with van der Waals surface area (Å²) in [5.41, 5.74) is 5.33. The number of nitrogens with zero attached hydrogens (tertiary/aromatic N) is 1. The molecule has 0 aromatic heterocycles. The van der Waals surface area contributed by atoms with Crippen LogP contribution >= 0.6 is 12.2 Å². The first kappa shape index (κ1) is 10.8. The predicted molar refractivity (Wildman–Crippen MR) is 50.6 cm³/mol. The van der Waals surface area contributed by atoms with Crippen LogP contribution in [0, 0.1) is 0 Å². The van der Waals surface area contributed by atoms with Gasteiger partial charge in [-0.1, -0.05) is 19.1 Å². The minimum absolute atomic E-state index is 0.200. The highest BCUT2D eigenvalue weighted by Gasteiger charge is 2.00. The minimum atomic E-state index is 0.200. The van der Waals surface area contributed by atoms with E-state index in [0.29, 0.717) is 11.5 Å². The summed E-state index contributed by atoms with van der Waals surface area (Å²) in [5, 5.41) is 8.63. The van der Waals surface area contributed by atoms with Gasteiger partial charge in [-0.15, -0.1) is 0 Å². The lowest BCUT2D eigenvalue weighted by atomic mass is 10.3. The molecule has 0 saturated carbocycles. The molecule has 0 aromatic rings. The molecule has 0 aliphatic heterocycles. The lowest BCUT2D eigenvalue weighted by molar-refractivity contribution is 0.205. The molecule has 0 aromatic carbocycles. The van der Waals surface area contributed by atoms with Crippen LogP contribution in [0.4, 0.5) is 0 Å². The van der Waals surface area contributed by atoms with Gasteiger partial charge in [0.2, 0.25) is 0 Å². The maximum atomic E-state index is 8.63. The fourth-order valence-electron chi connectivity index (χ4n) is 0.838. The summed E-state index contributed by atoms with van der Waals surface area (Å²) in [7, 11) is 0. The van der Waals surface area contributed by atoms with Crippen LogP contribution in [0.1, 0.15) is 13.3 Å². The monoisotopic (exact) mass is 176 g/mol. The SMILES string of the molecule is CCN(CCO)CCC(N)=S. The van der Waals surface area contributed by atoms with Gasteiger partial charge in [0.05, 0.1) is 11.6 Å².